The molecule has 0 amide bonds. The van der Waals surface area contributed by atoms with Gasteiger partial charge in [0.1, 0.15) is 0 Å². The summed E-state index contributed by atoms with van der Waals surface area (Å²) < 4.78 is 0. The van der Waals surface area contributed by atoms with Gasteiger partial charge in [0.15, 0.2) is 0 Å². The highest BCUT2D eigenvalue weighted by Crippen LogP contribution is 2.26. The summed E-state index contributed by atoms with van der Waals surface area (Å²) in [5, 5.41) is 19.5. The number of non-ortho nitro benzene ring substituents is 1. The fourth-order valence-corrected chi connectivity index (χ4v) is 1.44. The third-order valence-electron chi connectivity index (χ3n) is 2.25. The van der Waals surface area contributed by atoms with Crippen molar-refractivity contribution in [1.82, 2.24) is 0 Å². The molecule has 0 heterocycles. The van der Waals surface area contributed by atoms with E-state index in [1.54, 1.807) is 12.1 Å². The van der Waals surface area contributed by atoms with E-state index in [-0.39, 0.29) is 17.5 Å². The van der Waals surface area contributed by atoms with Crippen molar-refractivity contribution in [3.05, 3.63) is 39.9 Å². The first kappa shape index (κ1) is 11.2. The van der Waals surface area contributed by atoms with E-state index in [9.17, 15) is 10.1 Å². The van der Waals surface area contributed by atoms with Crippen LogP contribution in [0.2, 0.25) is 0 Å². The average molecular weight is 204 g/mol. The maximum atomic E-state index is 10.6. The minimum absolute atomic E-state index is 0.0356. The molecule has 0 aliphatic heterocycles. The molecule has 0 fully saturated rings. The van der Waals surface area contributed by atoms with Crippen molar-refractivity contribution in [3.8, 4) is 6.07 Å². The zero-order valence-electron chi connectivity index (χ0n) is 8.68. The number of nitrogens with zero attached hydrogens (tertiary/aromatic N) is 2. The van der Waals surface area contributed by atoms with Gasteiger partial charge in [-0.1, -0.05) is 26.0 Å². The predicted molar refractivity (Wildman–Crippen MR) is 56.3 cm³/mol. The van der Waals surface area contributed by atoms with Crippen LogP contribution in [0.1, 0.15) is 25.3 Å². The normalized spacial score (nSPS) is 12.1. The monoisotopic (exact) mass is 204 g/mol. The van der Waals surface area contributed by atoms with Gasteiger partial charge >= 0.3 is 0 Å². The standard InChI is InChI=1S/C11H12N2O2/c1-8(2)11(7-12)9-4-3-5-10(6-9)13(14)15/h3-6,8,11H,1-2H3. The number of benzene rings is 1. The molecule has 0 aromatic heterocycles. The molecule has 15 heavy (non-hydrogen) atoms. The molecule has 1 aromatic carbocycles. The predicted octanol–water partition coefficient (Wildman–Crippen LogP) is 2.86. The molecule has 4 heteroatoms. The van der Waals surface area contributed by atoms with E-state index in [2.05, 4.69) is 6.07 Å². The smallest absolute Gasteiger partial charge is 0.258 e. The molecule has 0 saturated heterocycles. The first-order chi connectivity index (χ1) is 7.06. The second-order valence-electron chi connectivity index (χ2n) is 3.70. The lowest BCUT2D eigenvalue weighted by Crippen LogP contribution is -2.04. The lowest BCUT2D eigenvalue weighted by atomic mass is 9.90. The fraction of sp³-hybridized carbons (Fsp3) is 0.364. The van der Waals surface area contributed by atoms with Crippen molar-refractivity contribution >= 4 is 5.69 Å². The lowest BCUT2D eigenvalue weighted by molar-refractivity contribution is -0.384. The molecule has 0 N–H and O–H groups in total. The number of rotatable bonds is 3. The highest BCUT2D eigenvalue weighted by atomic mass is 16.6. The van der Waals surface area contributed by atoms with Gasteiger partial charge in [0, 0.05) is 12.1 Å². The molecule has 0 aliphatic carbocycles. The number of nitro benzene ring substituents is 1. The molecular formula is C11H12N2O2. The third kappa shape index (κ3) is 2.53. The second-order valence-corrected chi connectivity index (χ2v) is 3.70. The van der Waals surface area contributed by atoms with Crippen LogP contribution in [0.3, 0.4) is 0 Å². The first-order valence-corrected chi connectivity index (χ1v) is 4.70. The zero-order valence-corrected chi connectivity index (χ0v) is 8.68. The van der Waals surface area contributed by atoms with Crippen LogP contribution in [-0.2, 0) is 0 Å². The Balaban J connectivity index is 3.10. The van der Waals surface area contributed by atoms with Crippen LogP contribution in [0, 0.1) is 27.4 Å². The van der Waals surface area contributed by atoms with Crippen LogP contribution in [-0.4, -0.2) is 4.92 Å². The van der Waals surface area contributed by atoms with Crippen LogP contribution in [0.4, 0.5) is 5.69 Å². The van der Waals surface area contributed by atoms with Gasteiger partial charge in [-0.15, -0.1) is 0 Å². The third-order valence-corrected chi connectivity index (χ3v) is 2.25. The van der Waals surface area contributed by atoms with Crippen molar-refractivity contribution in [2.45, 2.75) is 19.8 Å². The van der Waals surface area contributed by atoms with Gasteiger partial charge in [-0.3, -0.25) is 10.1 Å². The van der Waals surface area contributed by atoms with E-state index in [1.807, 2.05) is 13.8 Å². The van der Waals surface area contributed by atoms with Crippen molar-refractivity contribution < 1.29 is 4.92 Å². The molecular weight excluding hydrogens is 192 g/mol. The molecule has 0 saturated carbocycles. The summed E-state index contributed by atoms with van der Waals surface area (Å²) in [4.78, 5) is 10.1. The molecule has 1 aromatic rings. The highest BCUT2D eigenvalue weighted by molar-refractivity contribution is 5.38. The van der Waals surface area contributed by atoms with E-state index < -0.39 is 4.92 Å². The minimum Gasteiger partial charge on any atom is -0.258 e. The summed E-state index contributed by atoms with van der Waals surface area (Å²) >= 11 is 0. The molecule has 0 aliphatic rings. The highest BCUT2D eigenvalue weighted by Gasteiger charge is 2.17. The molecule has 1 rings (SSSR count). The van der Waals surface area contributed by atoms with Crippen LogP contribution in [0.25, 0.3) is 0 Å². The number of nitriles is 1. The molecule has 4 nitrogen and oxygen atoms in total. The quantitative estimate of drug-likeness (QED) is 0.561. The molecule has 1 atom stereocenters. The van der Waals surface area contributed by atoms with Crippen LogP contribution in [0.15, 0.2) is 24.3 Å². The zero-order chi connectivity index (χ0) is 11.4. The van der Waals surface area contributed by atoms with E-state index in [1.165, 1.54) is 12.1 Å². The number of nitro groups is 1. The van der Waals surface area contributed by atoms with Crippen molar-refractivity contribution in [2.24, 2.45) is 5.92 Å². The summed E-state index contributed by atoms with van der Waals surface area (Å²) in [6.45, 7) is 3.85. The van der Waals surface area contributed by atoms with E-state index in [0.717, 1.165) is 0 Å². The molecule has 78 valence electrons. The van der Waals surface area contributed by atoms with Gasteiger partial charge in [-0.2, -0.15) is 5.26 Å². The van der Waals surface area contributed by atoms with Crippen molar-refractivity contribution in [2.75, 3.05) is 0 Å². The second kappa shape index (κ2) is 4.56. The van der Waals surface area contributed by atoms with Crippen LogP contribution in [0.5, 0.6) is 0 Å². The topological polar surface area (TPSA) is 66.9 Å². The maximum absolute atomic E-state index is 10.6. The Morgan fingerprint density at radius 3 is 2.60 bits per heavy atom. The molecule has 0 radical (unpaired) electrons. The summed E-state index contributed by atoms with van der Waals surface area (Å²) in [7, 11) is 0. The van der Waals surface area contributed by atoms with Crippen molar-refractivity contribution in [3.63, 3.8) is 0 Å². The van der Waals surface area contributed by atoms with Gasteiger partial charge in [-0.25, -0.2) is 0 Å². The Kier molecular flexibility index (Phi) is 3.40. The van der Waals surface area contributed by atoms with Gasteiger partial charge in [0.05, 0.1) is 16.9 Å². The van der Waals surface area contributed by atoms with Gasteiger partial charge in [-0.05, 0) is 11.5 Å². The number of hydrogen-bond acceptors (Lipinski definition) is 3. The largest absolute Gasteiger partial charge is 0.269 e. The average Bonchev–Trinajstić information content (AvgIpc) is 2.18. The Labute approximate surface area is 88.3 Å². The van der Waals surface area contributed by atoms with Gasteiger partial charge in [0.2, 0.25) is 0 Å². The SMILES string of the molecule is CC(C)C(C#N)c1cccc([N+](=O)[O-])c1. The number of hydrogen-bond donors (Lipinski definition) is 0. The maximum Gasteiger partial charge on any atom is 0.269 e. The van der Waals surface area contributed by atoms with E-state index in [4.69, 9.17) is 5.26 Å². The van der Waals surface area contributed by atoms with E-state index in [0.29, 0.717) is 5.56 Å². The molecule has 1 unspecified atom stereocenters. The van der Waals surface area contributed by atoms with Crippen molar-refractivity contribution in [1.29, 1.82) is 5.26 Å². The van der Waals surface area contributed by atoms with Crippen LogP contribution < -0.4 is 0 Å². The summed E-state index contributed by atoms with van der Waals surface area (Å²) in [5.74, 6) is -0.137. The Bertz CT molecular complexity index is 407. The van der Waals surface area contributed by atoms with Crippen LogP contribution >= 0.6 is 0 Å². The van der Waals surface area contributed by atoms with Gasteiger partial charge < -0.3 is 0 Å². The molecule has 0 bridgehead atoms. The summed E-state index contributed by atoms with van der Waals surface area (Å²) in [5.41, 5.74) is 0.745. The van der Waals surface area contributed by atoms with E-state index >= 15 is 0 Å². The summed E-state index contributed by atoms with van der Waals surface area (Å²) in [6, 6.07) is 8.42. The minimum atomic E-state index is -0.446. The Morgan fingerprint density at radius 1 is 1.47 bits per heavy atom. The van der Waals surface area contributed by atoms with Gasteiger partial charge in [0.25, 0.3) is 5.69 Å². The first-order valence-electron chi connectivity index (χ1n) is 4.70. The Morgan fingerprint density at radius 2 is 2.13 bits per heavy atom. The lowest BCUT2D eigenvalue weighted by Gasteiger charge is -2.12. The molecule has 0 spiro atoms. The Hall–Kier alpha value is -1.89. The fourth-order valence-electron chi connectivity index (χ4n) is 1.44. The summed E-state index contributed by atoms with van der Waals surface area (Å²) in [6.07, 6.45) is 0.